The molecule has 2 aromatic carbocycles. The zero-order valence-electron chi connectivity index (χ0n) is 18.1. The lowest BCUT2D eigenvalue weighted by Gasteiger charge is -2.21. The number of aromatic nitrogens is 3. The van der Waals surface area contributed by atoms with Crippen molar-refractivity contribution in [2.24, 2.45) is 0 Å². The smallest absolute Gasteiger partial charge is 0.273 e. The van der Waals surface area contributed by atoms with E-state index < -0.39 is 0 Å². The van der Waals surface area contributed by atoms with Crippen LogP contribution in [0.25, 0.3) is 16.3 Å². The molecule has 2 heterocycles. The molecule has 0 N–H and O–H groups in total. The predicted molar refractivity (Wildman–Crippen MR) is 127 cm³/mol. The molecule has 0 aliphatic rings. The van der Waals surface area contributed by atoms with E-state index in [1.165, 1.54) is 16.9 Å². The average Bonchev–Trinajstić information content (AvgIpc) is 3.52. The molecule has 4 rings (SSSR count). The highest BCUT2D eigenvalue weighted by atomic mass is 32.1. The molecule has 0 atom stereocenters. The Morgan fingerprint density at radius 3 is 2.56 bits per heavy atom. The van der Waals surface area contributed by atoms with Gasteiger partial charge in [-0.25, -0.2) is 9.67 Å². The summed E-state index contributed by atoms with van der Waals surface area (Å²) in [5.74, 6) is -0.0620. The van der Waals surface area contributed by atoms with Crippen LogP contribution in [0.15, 0.2) is 78.4 Å². The third-order valence-electron chi connectivity index (χ3n) is 5.16. The second kappa shape index (κ2) is 10.8. The molecule has 0 fully saturated rings. The fourth-order valence-electron chi connectivity index (χ4n) is 3.46. The number of thiazole rings is 1. The van der Waals surface area contributed by atoms with Crippen molar-refractivity contribution >= 4 is 17.2 Å². The summed E-state index contributed by atoms with van der Waals surface area (Å²) < 4.78 is 7.03. The van der Waals surface area contributed by atoms with E-state index in [1.54, 1.807) is 13.3 Å². The van der Waals surface area contributed by atoms with Crippen LogP contribution in [0.4, 0.5) is 0 Å². The number of benzene rings is 2. The molecule has 6 nitrogen and oxygen atoms in total. The number of amides is 1. The van der Waals surface area contributed by atoms with Gasteiger partial charge in [-0.3, -0.25) is 4.79 Å². The molecule has 0 saturated carbocycles. The second-order valence-electron chi connectivity index (χ2n) is 7.42. The number of hydrogen-bond acceptors (Lipinski definition) is 5. The topological polar surface area (TPSA) is 60.2 Å². The molecule has 0 radical (unpaired) electrons. The highest BCUT2D eigenvalue weighted by molar-refractivity contribution is 7.13. The van der Waals surface area contributed by atoms with E-state index in [0.29, 0.717) is 25.4 Å². The normalized spacial score (nSPS) is 10.9. The summed E-state index contributed by atoms with van der Waals surface area (Å²) in [6.07, 6.45) is 5.53. The Morgan fingerprint density at radius 1 is 1.06 bits per heavy atom. The predicted octanol–water partition coefficient (Wildman–Crippen LogP) is 4.72. The lowest BCUT2D eigenvalue weighted by atomic mass is 10.1. The zero-order valence-corrected chi connectivity index (χ0v) is 18.9. The van der Waals surface area contributed by atoms with Gasteiger partial charge in [0.25, 0.3) is 5.91 Å². The van der Waals surface area contributed by atoms with E-state index in [0.717, 1.165) is 29.1 Å². The van der Waals surface area contributed by atoms with Crippen LogP contribution in [0, 0.1) is 0 Å². The van der Waals surface area contributed by atoms with Gasteiger partial charge in [-0.2, -0.15) is 5.10 Å². The fourth-order valence-corrected chi connectivity index (χ4v) is 4.23. The minimum Gasteiger partial charge on any atom is -0.383 e. The molecule has 0 unspecified atom stereocenters. The largest absolute Gasteiger partial charge is 0.383 e. The average molecular weight is 447 g/mol. The highest BCUT2D eigenvalue weighted by Gasteiger charge is 2.19. The molecule has 164 valence electrons. The minimum absolute atomic E-state index is 0.0620. The number of carbonyl (C=O) groups excluding carboxylic acids is 1. The first-order valence-corrected chi connectivity index (χ1v) is 11.5. The molecule has 7 heteroatoms. The summed E-state index contributed by atoms with van der Waals surface area (Å²) >= 11 is 1.46. The molecule has 0 bridgehead atoms. The summed E-state index contributed by atoms with van der Waals surface area (Å²) in [4.78, 5) is 19.6. The summed E-state index contributed by atoms with van der Waals surface area (Å²) in [6.45, 7) is 1.71. The fraction of sp³-hybridized carbons (Fsp3) is 0.240. The lowest BCUT2D eigenvalue weighted by Crippen LogP contribution is -2.35. The molecular formula is C25H26N4O2S. The van der Waals surface area contributed by atoms with E-state index >= 15 is 0 Å². The Morgan fingerprint density at radius 2 is 1.81 bits per heavy atom. The van der Waals surface area contributed by atoms with Gasteiger partial charge in [0.2, 0.25) is 0 Å². The van der Waals surface area contributed by atoms with Crippen molar-refractivity contribution in [2.45, 2.75) is 12.8 Å². The van der Waals surface area contributed by atoms with Gasteiger partial charge in [0.15, 0.2) is 0 Å². The number of aryl methyl sites for hydroxylation is 1. The minimum atomic E-state index is -0.0620. The van der Waals surface area contributed by atoms with Crippen molar-refractivity contribution in [3.63, 3.8) is 0 Å². The van der Waals surface area contributed by atoms with E-state index in [2.05, 4.69) is 22.2 Å². The molecule has 32 heavy (non-hydrogen) atoms. The quantitative estimate of drug-likeness (QED) is 0.354. The first-order chi connectivity index (χ1) is 15.7. The SMILES string of the molecule is COCCN(CCCc1ccccc1)C(=O)c1csc(-c2cnn(-c3ccccc3)c2)n1. The van der Waals surface area contributed by atoms with E-state index in [4.69, 9.17) is 4.74 Å². The lowest BCUT2D eigenvalue weighted by molar-refractivity contribution is 0.0688. The van der Waals surface area contributed by atoms with Crippen molar-refractivity contribution in [2.75, 3.05) is 26.8 Å². The molecule has 0 aliphatic carbocycles. The number of nitrogens with zero attached hydrogens (tertiary/aromatic N) is 4. The van der Waals surface area contributed by atoms with Crippen LogP contribution in [0.5, 0.6) is 0 Å². The monoisotopic (exact) mass is 446 g/mol. The standard InChI is InChI=1S/C25H26N4O2S/c1-31-16-15-28(14-8-11-20-9-4-2-5-10-20)25(30)23-19-32-24(27-23)21-17-26-29(18-21)22-12-6-3-7-13-22/h2-7,9-10,12-13,17-19H,8,11,14-16H2,1H3. The van der Waals surface area contributed by atoms with Crippen LogP contribution in [0.3, 0.4) is 0 Å². The van der Waals surface area contributed by atoms with Gasteiger partial charge in [-0.1, -0.05) is 48.5 Å². The highest BCUT2D eigenvalue weighted by Crippen LogP contribution is 2.25. The molecule has 0 saturated heterocycles. The Kier molecular flexibility index (Phi) is 7.42. The Hall–Kier alpha value is -3.29. The van der Waals surface area contributed by atoms with Crippen molar-refractivity contribution in [3.05, 3.63) is 89.7 Å². The molecule has 4 aromatic rings. The van der Waals surface area contributed by atoms with Gasteiger partial charge >= 0.3 is 0 Å². The summed E-state index contributed by atoms with van der Waals surface area (Å²) in [5.41, 5.74) is 3.62. The maximum Gasteiger partial charge on any atom is 0.273 e. The number of methoxy groups -OCH3 is 1. The second-order valence-corrected chi connectivity index (χ2v) is 8.28. The molecule has 2 aromatic heterocycles. The first-order valence-electron chi connectivity index (χ1n) is 10.6. The number of para-hydroxylation sites is 1. The van der Waals surface area contributed by atoms with E-state index in [-0.39, 0.29) is 5.91 Å². The van der Waals surface area contributed by atoms with E-state index in [1.807, 2.05) is 69.7 Å². The number of hydrogen-bond donors (Lipinski definition) is 0. The number of rotatable bonds is 10. The van der Waals surface area contributed by atoms with Gasteiger partial charge in [0.1, 0.15) is 10.7 Å². The first kappa shape index (κ1) is 21.9. The van der Waals surface area contributed by atoms with Crippen LogP contribution in [-0.4, -0.2) is 52.4 Å². The van der Waals surface area contributed by atoms with Crippen molar-refractivity contribution in [3.8, 4) is 16.3 Å². The van der Waals surface area contributed by atoms with E-state index in [9.17, 15) is 4.79 Å². The summed E-state index contributed by atoms with van der Waals surface area (Å²) in [7, 11) is 1.65. The van der Waals surface area contributed by atoms with Gasteiger partial charge in [0, 0.05) is 37.3 Å². The van der Waals surface area contributed by atoms with Gasteiger partial charge in [0.05, 0.1) is 18.5 Å². The maximum atomic E-state index is 13.2. The Labute approximate surface area is 192 Å². The van der Waals surface area contributed by atoms with Gasteiger partial charge < -0.3 is 9.64 Å². The van der Waals surface area contributed by atoms with Crippen molar-refractivity contribution in [1.82, 2.24) is 19.7 Å². The van der Waals surface area contributed by atoms with Crippen LogP contribution < -0.4 is 0 Å². The van der Waals surface area contributed by atoms with Crippen molar-refractivity contribution < 1.29 is 9.53 Å². The van der Waals surface area contributed by atoms with Crippen LogP contribution in [0.1, 0.15) is 22.5 Å². The van der Waals surface area contributed by atoms with Gasteiger partial charge in [-0.15, -0.1) is 11.3 Å². The van der Waals surface area contributed by atoms with Crippen LogP contribution >= 0.6 is 11.3 Å². The summed E-state index contributed by atoms with van der Waals surface area (Å²) in [6, 6.07) is 20.2. The zero-order chi connectivity index (χ0) is 22.2. The molecule has 0 aliphatic heterocycles. The molecule has 1 amide bonds. The third-order valence-corrected chi connectivity index (χ3v) is 6.05. The van der Waals surface area contributed by atoms with Gasteiger partial charge in [-0.05, 0) is 30.5 Å². The van der Waals surface area contributed by atoms with Crippen LogP contribution in [0.2, 0.25) is 0 Å². The number of carbonyl (C=O) groups is 1. The maximum absolute atomic E-state index is 13.2. The van der Waals surface area contributed by atoms with Crippen molar-refractivity contribution in [1.29, 1.82) is 0 Å². The van der Waals surface area contributed by atoms with Crippen LogP contribution in [-0.2, 0) is 11.2 Å². The third kappa shape index (κ3) is 5.49. The number of ether oxygens (including phenoxy) is 1. The summed E-state index contributed by atoms with van der Waals surface area (Å²) in [5, 5.41) is 7.05. The Bertz CT molecular complexity index is 1130. The molecule has 0 spiro atoms. The molecular weight excluding hydrogens is 420 g/mol. The Balaban J connectivity index is 1.43.